The van der Waals surface area contributed by atoms with Crippen molar-refractivity contribution in [1.29, 1.82) is 0 Å². The summed E-state index contributed by atoms with van der Waals surface area (Å²) in [5.74, 6) is -0.383. The van der Waals surface area contributed by atoms with E-state index in [1.165, 1.54) is 13.3 Å². The monoisotopic (exact) mass is 192 g/mol. The summed E-state index contributed by atoms with van der Waals surface area (Å²) >= 11 is 0. The first-order valence-electron chi connectivity index (χ1n) is 4.19. The van der Waals surface area contributed by atoms with E-state index in [4.69, 9.17) is 5.73 Å². The second kappa shape index (κ2) is 5.14. The Kier molecular flexibility index (Phi) is 3.82. The molecule has 1 aromatic heterocycles. The Hall–Kier alpha value is -1.68. The molecule has 0 aliphatic heterocycles. The van der Waals surface area contributed by atoms with Crippen LogP contribution in [-0.2, 0) is 4.74 Å². The lowest BCUT2D eigenvalue weighted by molar-refractivity contribution is 0.0600. The quantitative estimate of drug-likeness (QED) is 0.721. The van der Waals surface area contributed by atoms with Crippen LogP contribution in [-0.4, -0.2) is 24.6 Å². The molecule has 0 aliphatic carbocycles. The Morgan fingerprint density at radius 3 is 2.93 bits per heavy atom. The van der Waals surface area contributed by atoms with Crippen molar-refractivity contribution in [2.45, 2.75) is 0 Å². The standard InChI is InChI=1S/C10H12N2O2/c1-14-10(13)8-4-5-9(12-7-8)3-2-6-11/h2-5,7H,6,11H2,1H3/b3-2+. The number of rotatable bonds is 3. The van der Waals surface area contributed by atoms with Crippen LogP contribution in [0.4, 0.5) is 0 Å². The predicted octanol–water partition coefficient (Wildman–Crippen LogP) is 0.840. The molecule has 0 spiro atoms. The fraction of sp³-hybridized carbons (Fsp3) is 0.200. The molecule has 0 atom stereocenters. The molecular formula is C10H12N2O2. The van der Waals surface area contributed by atoms with E-state index < -0.39 is 0 Å². The number of nitrogens with two attached hydrogens (primary N) is 1. The molecule has 2 N–H and O–H groups in total. The lowest BCUT2D eigenvalue weighted by Crippen LogP contribution is -2.01. The molecule has 0 amide bonds. The molecule has 0 unspecified atom stereocenters. The number of methoxy groups -OCH3 is 1. The van der Waals surface area contributed by atoms with E-state index in [1.54, 1.807) is 24.3 Å². The number of pyridine rings is 1. The van der Waals surface area contributed by atoms with Crippen LogP contribution >= 0.6 is 0 Å². The van der Waals surface area contributed by atoms with Gasteiger partial charge in [-0.2, -0.15) is 0 Å². The van der Waals surface area contributed by atoms with Crippen molar-refractivity contribution in [2.24, 2.45) is 5.73 Å². The van der Waals surface area contributed by atoms with Gasteiger partial charge >= 0.3 is 5.97 Å². The number of carbonyl (C=O) groups is 1. The smallest absolute Gasteiger partial charge is 0.339 e. The number of esters is 1. The molecule has 1 aromatic rings. The van der Waals surface area contributed by atoms with Crippen LogP contribution in [0.25, 0.3) is 6.08 Å². The SMILES string of the molecule is COC(=O)c1ccc(/C=C/CN)nc1. The average molecular weight is 192 g/mol. The highest BCUT2D eigenvalue weighted by Gasteiger charge is 2.03. The highest BCUT2D eigenvalue weighted by molar-refractivity contribution is 5.88. The van der Waals surface area contributed by atoms with Crippen LogP contribution < -0.4 is 5.73 Å². The number of hydrogen-bond acceptors (Lipinski definition) is 4. The molecule has 1 rings (SSSR count). The zero-order valence-electron chi connectivity index (χ0n) is 7.93. The first-order chi connectivity index (χ1) is 6.77. The Bertz CT molecular complexity index is 330. The van der Waals surface area contributed by atoms with Crippen LogP contribution in [0.15, 0.2) is 24.4 Å². The molecule has 0 saturated carbocycles. The van der Waals surface area contributed by atoms with E-state index in [-0.39, 0.29) is 5.97 Å². The molecular weight excluding hydrogens is 180 g/mol. The maximum Gasteiger partial charge on any atom is 0.339 e. The maximum absolute atomic E-state index is 11.0. The minimum absolute atomic E-state index is 0.383. The molecule has 0 bridgehead atoms. The molecule has 0 radical (unpaired) electrons. The lowest BCUT2D eigenvalue weighted by Gasteiger charge is -1.98. The molecule has 74 valence electrons. The summed E-state index contributed by atoms with van der Waals surface area (Å²) in [6, 6.07) is 3.40. The minimum Gasteiger partial charge on any atom is -0.465 e. The second-order valence-corrected chi connectivity index (χ2v) is 2.60. The fourth-order valence-electron chi connectivity index (χ4n) is 0.931. The molecule has 4 heteroatoms. The molecule has 1 heterocycles. The third-order valence-electron chi connectivity index (χ3n) is 1.63. The van der Waals surface area contributed by atoms with E-state index in [0.717, 1.165) is 5.69 Å². The van der Waals surface area contributed by atoms with Gasteiger partial charge in [0.15, 0.2) is 0 Å². The maximum atomic E-state index is 11.0. The number of carbonyl (C=O) groups excluding carboxylic acids is 1. The zero-order valence-corrected chi connectivity index (χ0v) is 7.93. The third-order valence-corrected chi connectivity index (χ3v) is 1.63. The van der Waals surface area contributed by atoms with Gasteiger partial charge in [-0.3, -0.25) is 4.98 Å². The molecule has 0 saturated heterocycles. The van der Waals surface area contributed by atoms with Crippen molar-refractivity contribution >= 4 is 12.0 Å². The van der Waals surface area contributed by atoms with Gasteiger partial charge in [-0.05, 0) is 18.2 Å². The Labute approximate surface area is 82.4 Å². The van der Waals surface area contributed by atoms with Crippen molar-refractivity contribution in [2.75, 3.05) is 13.7 Å². The largest absolute Gasteiger partial charge is 0.465 e. The number of nitrogens with zero attached hydrogens (tertiary/aromatic N) is 1. The molecule has 0 fully saturated rings. The van der Waals surface area contributed by atoms with Gasteiger partial charge in [-0.15, -0.1) is 0 Å². The van der Waals surface area contributed by atoms with Gasteiger partial charge in [0.25, 0.3) is 0 Å². The van der Waals surface area contributed by atoms with E-state index in [1.807, 2.05) is 0 Å². The first kappa shape index (κ1) is 10.4. The normalized spacial score (nSPS) is 10.4. The van der Waals surface area contributed by atoms with Gasteiger partial charge in [0.1, 0.15) is 0 Å². The van der Waals surface area contributed by atoms with Gasteiger partial charge in [0.05, 0.1) is 18.4 Å². The molecule has 0 aromatic carbocycles. The van der Waals surface area contributed by atoms with Gasteiger partial charge in [-0.1, -0.05) is 6.08 Å². The fourth-order valence-corrected chi connectivity index (χ4v) is 0.931. The second-order valence-electron chi connectivity index (χ2n) is 2.60. The molecule has 4 nitrogen and oxygen atoms in total. The van der Waals surface area contributed by atoms with Gasteiger partial charge < -0.3 is 10.5 Å². The lowest BCUT2D eigenvalue weighted by atomic mass is 10.2. The summed E-state index contributed by atoms with van der Waals surface area (Å²) in [4.78, 5) is 15.1. The average Bonchev–Trinajstić information content (AvgIpc) is 2.26. The number of aromatic nitrogens is 1. The summed E-state index contributed by atoms with van der Waals surface area (Å²) in [5, 5.41) is 0. The highest BCUT2D eigenvalue weighted by Crippen LogP contribution is 2.03. The summed E-state index contributed by atoms with van der Waals surface area (Å²) in [6.45, 7) is 0.473. The summed E-state index contributed by atoms with van der Waals surface area (Å²) in [5.41, 5.74) is 6.50. The topological polar surface area (TPSA) is 65.2 Å². The minimum atomic E-state index is -0.383. The van der Waals surface area contributed by atoms with E-state index in [2.05, 4.69) is 9.72 Å². The Morgan fingerprint density at radius 2 is 2.43 bits per heavy atom. The number of hydrogen-bond donors (Lipinski definition) is 1. The van der Waals surface area contributed by atoms with Gasteiger partial charge in [0, 0.05) is 12.7 Å². The van der Waals surface area contributed by atoms with Crippen molar-refractivity contribution in [3.05, 3.63) is 35.7 Å². The Morgan fingerprint density at radius 1 is 1.64 bits per heavy atom. The van der Waals surface area contributed by atoms with Crippen molar-refractivity contribution in [1.82, 2.24) is 4.98 Å². The van der Waals surface area contributed by atoms with E-state index in [9.17, 15) is 4.79 Å². The summed E-state index contributed by atoms with van der Waals surface area (Å²) in [6.07, 6.45) is 5.06. The molecule has 0 aliphatic rings. The highest BCUT2D eigenvalue weighted by atomic mass is 16.5. The van der Waals surface area contributed by atoms with Crippen LogP contribution in [0, 0.1) is 0 Å². The Balaban J connectivity index is 2.78. The van der Waals surface area contributed by atoms with Crippen molar-refractivity contribution < 1.29 is 9.53 Å². The van der Waals surface area contributed by atoms with Crippen molar-refractivity contribution in [3.63, 3.8) is 0 Å². The predicted molar refractivity (Wildman–Crippen MR) is 53.7 cm³/mol. The van der Waals surface area contributed by atoms with Crippen LogP contribution in [0.5, 0.6) is 0 Å². The van der Waals surface area contributed by atoms with Gasteiger partial charge in [-0.25, -0.2) is 4.79 Å². The van der Waals surface area contributed by atoms with Gasteiger partial charge in [0.2, 0.25) is 0 Å². The van der Waals surface area contributed by atoms with E-state index in [0.29, 0.717) is 12.1 Å². The zero-order chi connectivity index (χ0) is 10.4. The van der Waals surface area contributed by atoms with Crippen LogP contribution in [0.2, 0.25) is 0 Å². The van der Waals surface area contributed by atoms with Crippen molar-refractivity contribution in [3.8, 4) is 0 Å². The van der Waals surface area contributed by atoms with E-state index >= 15 is 0 Å². The molecule has 14 heavy (non-hydrogen) atoms. The summed E-state index contributed by atoms with van der Waals surface area (Å²) in [7, 11) is 1.34. The van der Waals surface area contributed by atoms with Crippen LogP contribution in [0.3, 0.4) is 0 Å². The summed E-state index contributed by atoms with van der Waals surface area (Å²) < 4.78 is 4.54. The first-order valence-corrected chi connectivity index (χ1v) is 4.19. The third kappa shape index (κ3) is 2.67. The van der Waals surface area contributed by atoms with Crippen LogP contribution in [0.1, 0.15) is 16.1 Å². The number of ether oxygens (including phenoxy) is 1.